The summed E-state index contributed by atoms with van der Waals surface area (Å²) < 4.78 is 0. The summed E-state index contributed by atoms with van der Waals surface area (Å²) in [6.45, 7) is 0. The van der Waals surface area contributed by atoms with Crippen LogP contribution in [0.5, 0.6) is 0 Å². The Kier molecular flexibility index (Phi) is 1.80. The average molecular weight is 446 g/mol. The van der Waals surface area contributed by atoms with Crippen LogP contribution in [0.15, 0.2) is 54.6 Å². The number of hydrogen-bond donors (Lipinski definition) is 0. The van der Waals surface area contributed by atoms with Gasteiger partial charge in [0.15, 0.2) is 0 Å². The van der Waals surface area contributed by atoms with Crippen LogP contribution < -0.4 is 0 Å². The monoisotopic (exact) mass is 446 g/mol. The molecule has 0 saturated heterocycles. The van der Waals surface area contributed by atoms with Crippen molar-refractivity contribution in [3.8, 4) is 0 Å². The molecule has 0 aliphatic carbocycles. The number of hydrogen-bond acceptors (Lipinski definition) is 1. The topological polar surface area (TPSA) is 12.9 Å². The molecule has 0 unspecified atom stereocenters. The van der Waals surface area contributed by atoms with E-state index in [1.54, 1.807) is 0 Å². The summed E-state index contributed by atoms with van der Waals surface area (Å²) in [4.78, 5) is 4.58. The molecule has 3 rings (SSSR count). The van der Waals surface area contributed by atoms with Crippen molar-refractivity contribution >= 4 is 21.8 Å². The maximum Gasteiger partial charge on any atom is 0.0709 e. The van der Waals surface area contributed by atoms with E-state index < -0.39 is 0 Å². The third-order valence-electron chi connectivity index (χ3n) is 2.43. The molecule has 1 heterocycles. The minimum absolute atomic E-state index is 0. The van der Waals surface area contributed by atoms with E-state index in [2.05, 4.69) is 23.2 Å². The van der Waals surface area contributed by atoms with Gasteiger partial charge in [0.05, 0.1) is 11.0 Å². The average Bonchev–Trinajstić information content (AvgIpc) is 2.26. The molecule has 3 aromatic rings. The molecule has 0 aliphatic rings. The maximum atomic E-state index is 4.58. The summed E-state index contributed by atoms with van der Waals surface area (Å²) in [7, 11) is 0. The van der Waals surface area contributed by atoms with Crippen LogP contribution in [0.2, 0.25) is 0 Å². The van der Waals surface area contributed by atoms with Crippen LogP contribution in [0.3, 0.4) is 0 Å². The van der Waals surface area contributed by atoms with E-state index in [4.69, 9.17) is 0 Å². The van der Waals surface area contributed by atoms with E-state index in [0.29, 0.717) is 0 Å². The first-order valence-corrected chi connectivity index (χ1v) is 4.68. The second-order valence-electron chi connectivity index (χ2n) is 3.37. The van der Waals surface area contributed by atoms with E-state index in [-0.39, 0.29) is 0 Å². The zero-order chi connectivity index (χ0) is 9.38. The molecule has 68 valence electrons. The van der Waals surface area contributed by atoms with E-state index in [1.807, 2.05) is 36.4 Å². The summed E-state index contributed by atoms with van der Waals surface area (Å²) in [5.74, 6) is 0. The number of para-hydroxylation sites is 2. The Morgan fingerprint density at radius 3 is 1.67 bits per heavy atom. The molecule has 2 aromatic carbocycles. The number of aromatic nitrogens is 1. The molecule has 15 heavy (non-hydrogen) atoms. The minimum atomic E-state index is 0. The standard InChI is InChI=1S/C13H9N.Rf/c1-3-7-12-10(5-1)9-11-6-2-4-8-13(11)14-12;/h1-9H;. The molecule has 0 fully saturated rings. The predicted molar refractivity (Wildman–Crippen MR) is 59.2 cm³/mol. The van der Waals surface area contributed by atoms with E-state index in [1.165, 1.54) is 10.8 Å². The van der Waals surface area contributed by atoms with Crippen molar-refractivity contribution in [2.75, 3.05) is 0 Å². The van der Waals surface area contributed by atoms with Crippen LogP contribution in [-0.2, 0) is 0 Å². The first kappa shape index (κ1) is 8.70. The Hall–Kier alpha value is -2.89. The molecule has 0 spiro atoms. The molecule has 1 aromatic heterocycles. The quantitative estimate of drug-likeness (QED) is 0.483. The van der Waals surface area contributed by atoms with Crippen LogP contribution in [0.25, 0.3) is 21.8 Å². The molecule has 1 nitrogen and oxygen atoms in total. The molecule has 0 atom stereocenters. The van der Waals surface area contributed by atoms with Gasteiger partial charge in [-0.3, -0.25) is 0 Å². The fourth-order valence-corrected chi connectivity index (χ4v) is 1.72. The SMILES string of the molecule is [Rf].c1ccc2nc3ccccc3cc2c1. The van der Waals surface area contributed by atoms with Crippen LogP contribution >= 0.6 is 0 Å². The smallest absolute Gasteiger partial charge is 0.0709 e. The summed E-state index contributed by atoms with van der Waals surface area (Å²) in [6.07, 6.45) is 0. The van der Waals surface area contributed by atoms with Crippen molar-refractivity contribution in [1.82, 2.24) is 4.98 Å². The molecule has 0 N–H and O–H groups in total. The molecule has 0 bridgehead atoms. The Labute approximate surface area is 82.0 Å². The van der Waals surface area contributed by atoms with Gasteiger partial charge in [-0.1, -0.05) is 36.4 Å². The second-order valence-corrected chi connectivity index (χ2v) is 3.37. The van der Waals surface area contributed by atoms with E-state index in [0.717, 1.165) is 11.0 Å². The van der Waals surface area contributed by atoms with Crippen LogP contribution in [0.4, 0.5) is 0 Å². The summed E-state index contributed by atoms with van der Waals surface area (Å²) in [5.41, 5.74) is 2.12. The number of nitrogens with zero attached hydrogens (tertiary/aromatic N) is 1. The molecular weight excluding hydrogens is 437 g/mol. The third kappa shape index (κ3) is 1.25. The van der Waals surface area contributed by atoms with Gasteiger partial charge in [-0.25, -0.2) is 4.98 Å². The zero-order valence-corrected chi connectivity index (χ0v) is 14.7. The molecule has 0 saturated carbocycles. The van der Waals surface area contributed by atoms with Crippen molar-refractivity contribution in [3.63, 3.8) is 0 Å². The number of pyridine rings is 1. The summed E-state index contributed by atoms with van der Waals surface area (Å²) in [5, 5.41) is 2.40. The van der Waals surface area contributed by atoms with E-state index >= 15 is 0 Å². The Bertz CT molecular complexity index is 499. The van der Waals surface area contributed by atoms with E-state index in [9.17, 15) is 0 Å². The Morgan fingerprint density at radius 1 is 0.667 bits per heavy atom. The number of fused-ring (bicyclic) bond motifs is 2. The van der Waals surface area contributed by atoms with Gasteiger partial charge in [0.1, 0.15) is 0 Å². The van der Waals surface area contributed by atoms with Gasteiger partial charge in [0, 0.05) is 10.8 Å². The van der Waals surface area contributed by atoms with Crippen molar-refractivity contribution in [1.29, 1.82) is 0 Å². The Morgan fingerprint density at radius 2 is 1.13 bits per heavy atom. The van der Waals surface area contributed by atoms with Gasteiger partial charge in [-0.2, -0.15) is 0 Å². The first-order valence-electron chi connectivity index (χ1n) is 4.68. The van der Waals surface area contributed by atoms with Crippen LogP contribution in [0.1, 0.15) is 0 Å². The third-order valence-corrected chi connectivity index (χ3v) is 2.43. The van der Waals surface area contributed by atoms with Gasteiger partial charge >= 0.3 is 0 Å². The normalized spacial score (nSPS) is 10.1. The van der Waals surface area contributed by atoms with Crippen molar-refractivity contribution in [2.45, 2.75) is 0 Å². The minimum Gasteiger partial charge on any atom is -0.248 e. The fraction of sp³-hybridized carbons (Fsp3) is 0. The predicted octanol–water partition coefficient (Wildman–Crippen LogP) is 3.39. The van der Waals surface area contributed by atoms with Crippen molar-refractivity contribution in [3.05, 3.63) is 54.6 Å². The molecule has 0 radical (unpaired) electrons. The van der Waals surface area contributed by atoms with Crippen LogP contribution in [-0.4, -0.2) is 4.98 Å². The van der Waals surface area contributed by atoms with Crippen molar-refractivity contribution < 1.29 is 0 Å². The van der Waals surface area contributed by atoms with Gasteiger partial charge in [-0.15, -0.1) is 0 Å². The fourth-order valence-electron chi connectivity index (χ4n) is 1.72. The van der Waals surface area contributed by atoms with Crippen LogP contribution in [0, 0.1) is 0 Å². The first-order chi connectivity index (χ1) is 6.93. The number of benzene rings is 2. The maximum absolute atomic E-state index is 4.58. The number of rotatable bonds is 0. The summed E-state index contributed by atoms with van der Waals surface area (Å²) in [6, 6.07) is 18.6. The van der Waals surface area contributed by atoms with Gasteiger partial charge < -0.3 is 0 Å². The molecule has 0 amide bonds. The Balaban J connectivity index is 0.000000853. The zero-order valence-electron chi connectivity index (χ0n) is 8.35. The second kappa shape index (κ2) is 3.11. The van der Waals surface area contributed by atoms with Gasteiger partial charge in [0.25, 0.3) is 0 Å². The van der Waals surface area contributed by atoms with Crippen molar-refractivity contribution in [2.24, 2.45) is 0 Å². The molecule has 2 heteroatoms. The largest absolute Gasteiger partial charge is 0.248 e. The molecular formula is C13H9NRf. The molecule has 0 aliphatic heterocycles. The van der Waals surface area contributed by atoms with Gasteiger partial charge in [-0.05, 0) is 18.2 Å². The van der Waals surface area contributed by atoms with Gasteiger partial charge in [0.2, 0.25) is 0 Å². The summed E-state index contributed by atoms with van der Waals surface area (Å²) >= 11 is 0.